The number of carbonyl (C=O) groups is 2. The number of carbonyl (C=O) groups excluding carboxylic acids is 2. The van der Waals surface area contributed by atoms with E-state index >= 15 is 0 Å². The molecule has 0 unspecified atom stereocenters. The molecule has 2 heterocycles. The van der Waals surface area contributed by atoms with E-state index in [1.54, 1.807) is 36.2 Å². The first kappa shape index (κ1) is 19.2. The zero-order valence-corrected chi connectivity index (χ0v) is 16.3. The van der Waals surface area contributed by atoms with Crippen LogP contribution in [0.3, 0.4) is 0 Å². The maximum atomic E-state index is 12.9. The van der Waals surface area contributed by atoms with Gasteiger partial charge in [-0.15, -0.1) is 11.8 Å². The number of nitrogens with one attached hydrogen (secondary N) is 1. The van der Waals surface area contributed by atoms with Gasteiger partial charge in [-0.25, -0.2) is 8.42 Å². The van der Waals surface area contributed by atoms with Crippen molar-refractivity contribution in [2.24, 2.45) is 0 Å². The van der Waals surface area contributed by atoms with Gasteiger partial charge in [0.15, 0.2) is 0 Å². The van der Waals surface area contributed by atoms with E-state index in [1.807, 2.05) is 0 Å². The molecule has 1 aromatic carbocycles. The topological polar surface area (TPSA) is 86.8 Å². The summed E-state index contributed by atoms with van der Waals surface area (Å²) in [6.07, 6.45) is 1.96. The van der Waals surface area contributed by atoms with Crippen LogP contribution in [0.5, 0.6) is 0 Å². The van der Waals surface area contributed by atoms with E-state index in [4.69, 9.17) is 0 Å². The lowest BCUT2D eigenvalue weighted by atomic mass is 10.1. The van der Waals surface area contributed by atoms with Gasteiger partial charge in [0.2, 0.25) is 15.9 Å². The van der Waals surface area contributed by atoms with Gasteiger partial charge in [-0.2, -0.15) is 4.31 Å². The Morgan fingerprint density at radius 3 is 2.46 bits per heavy atom. The van der Waals surface area contributed by atoms with Crippen molar-refractivity contribution in [1.29, 1.82) is 0 Å². The number of amides is 2. The SMILES string of the molecule is CNC(=O)c1ccc(CS(=O)(=O)N2CSC[C@@H]2C(=O)N2CCCC2)cc1. The summed E-state index contributed by atoms with van der Waals surface area (Å²) >= 11 is 1.47. The zero-order chi connectivity index (χ0) is 18.7. The monoisotopic (exact) mass is 397 g/mol. The lowest BCUT2D eigenvalue weighted by Crippen LogP contribution is -2.48. The van der Waals surface area contributed by atoms with Crippen molar-refractivity contribution in [3.63, 3.8) is 0 Å². The van der Waals surface area contributed by atoms with Crippen molar-refractivity contribution in [3.05, 3.63) is 35.4 Å². The molecule has 0 aliphatic carbocycles. The number of hydrogen-bond acceptors (Lipinski definition) is 5. The summed E-state index contributed by atoms with van der Waals surface area (Å²) in [4.78, 5) is 26.0. The maximum Gasteiger partial charge on any atom is 0.251 e. The second kappa shape index (κ2) is 7.98. The Balaban J connectivity index is 1.72. The second-order valence-corrected chi connectivity index (χ2v) is 9.39. The van der Waals surface area contributed by atoms with E-state index in [2.05, 4.69) is 5.32 Å². The minimum absolute atomic E-state index is 0.0777. The van der Waals surface area contributed by atoms with Crippen molar-refractivity contribution >= 4 is 33.6 Å². The molecule has 2 amide bonds. The largest absolute Gasteiger partial charge is 0.355 e. The second-order valence-electron chi connectivity index (χ2n) is 6.47. The van der Waals surface area contributed by atoms with Crippen LogP contribution in [0.15, 0.2) is 24.3 Å². The molecule has 3 rings (SSSR count). The molecule has 9 heteroatoms. The Kier molecular flexibility index (Phi) is 5.89. The molecule has 7 nitrogen and oxygen atoms in total. The van der Waals surface area contributed by atoms with E-state index in [0.29, 0.717) is 22.8 Å². The summed E-state index contributed by atoms with van der Waals surface area (Å²) < 4.78 is 27.1. The third-order valence-electron chi connectivity index (χ3n) is 4.69. The third kappa shape index (κ3) is 4.05. The van der Waals surface area contributed by atoms with Gasteiger partial charge >= 0.3 is 0 Å². The highest BCUT2D eigenvalue weighted by Crippen LogP contribution is 2.28. The first-order chi connectivity index (χ1) is 12.4. The highest BCUT2D eigenvalue weighted by Gasteiger charge is 2.41. The van der Waals surface area contributed by atoms with Crippen LogP contribution >= 0.6 is 11.8 Å². The van der Waals surface area contributed by atoms with Gasteiger partial charge in [0, 0.05) is 31.5 Å². The van der Waals surface area contributed by atoms with Crippen molar-refractivity contribution in [1.82, 2.24) is 14.5 Å². The Bertz CT molecular complexity index is 774. The molecular formula is C17H23N3O4S2. The standard InChI is InChI=1S/C17H23N3O4S2/c1-18-16(21)14-6-4-13(5-7-14)11-26(23,24)20-12-25-10-15(20)17(22)19-8-2-3-9-19/h4-7,15H,2-3,8-12H2,1H3,(H,18,21)/t15-/m1/s1. The number of nitrogens with zero attached hydrogens (tertiary/aromatic N) is 2. The molecule has 2 aliphatic heterocycles. The average molecular weight is 398 g/mol. The van der Waals surface area contributed by atoms with Gasteiger partial charge in [0.25, 0.3) is 5.91 Å². The molecule has 142 valence electrons. The number of rotatable bonds is 5. The minimum Gasteiger partial charge on any atom is -0.355 e. The van der Waals surface area contributed by atoms with Crippen molar-refractivity contribution in [2.45, 2.75) is 24.6 Å². The highest BCUT2D eigenvalue weighted by atomic mass is 32.2. The van der Waals surface area contributed by atoms with E-state index in [0.717, 1.165) is 25.9 Å². The fourth-order valence-electron chi connectivity index (χ4n) is 3.23. The van der Waals surface area contributed by atoms with E-state index in [9.17, 15) is 18.0 Å². The van der Waals surface area contributed by atoms with Crippen LogP contribution in [0.1, 0.15) is 28.8 Å². The number of hydrogen-bond donors (Lipinski definition) is 1. The molecule has 0 radical (unpaired) electrons. The molecule has 2 saturated heterocycles. The van der Waals surface area contributed by atoms with Crippen LogP contribution < -0.4 is 5.32 Å². The van der Waals surface area contributed by atoms with Crippen LogP contribution in [-0.2, 0) is 20.6 Å². The molecule has 2 fully saturated rings. The van der Waals surface area contributed by atoms with Crippen LogP contribution in [0.2, 0.25) is 0 Å². The smallest absolute Gasteiger partial charge is 0.251 e. The van der Waals surface area contributed by atoms with E-state index < -0.39 is 16.1 Å². The molecule has 26 heavy (non-hydrogen) atoms. The third-order valence-corrected chi connectivity index (χ3v) is 7.67. The molecule has 2 aliphatic rings. The first-order valence-electron chi connectivity index (χ1n) is 8.59. The maximum absolute atomic E-state index is 12.9. The Morgan fingerprint density at radius 1 is 1.19 bits per heavy atom. The lowest BCUT2D eigenvalue weighted by molar-refractivity contribution is -0.133. The fraction of sp³-hybridized carbons (Fsp3) is 0.529. The highest BCUT2D eigenvalue weighted by molar-refractivity contribution is 8.00. The van der Waals surface area contributed by atoms with Crippen LogP contribution in [0.4, 0.5) is 0 Å². The first-order valence-corrected chi connectivity index (χ1v) is 11.4. The number of benzene rings is 1. The average Bonchev–Trinajstić information content (AvgIpc) is 3.32. The van der Waals surface area contributed by atoms with E-state index in [1.165, 1.54) is 16.1 Å². The Labute approximate surface area is 158 Å². The Morgan fingerprint density at radius 2 is 1.85 bits per heavy atom. The molecule has 1 N–H and O–H groups in total. The zero-order valence-electron chi connectivity index (χ0n) is 14.7. The molecule has 0 bridgehead atoms. The number of thioether (sulfide) groups is 1. The quantitative estimate of drug-likeness (QED) is 0.797. The summed E-state index contributed by atoms with van der Waals surface area (Å²) in [7, 11) is -2.07. The molecule has 0 spiro atoms. The molecule has 1 aromatic rings. The summed E-state index contributed by atoms with van der Waals surface area (Å²) in [5.74, 6) is 0.344. The number of likely N-dealkylation sites (tertiary alicyclic amines) is 1. The summed E-state index contributed by atoms with van der Waals surface area (Å²) in [5, 5.41) is 2.53. The van der Waals surface area contributed by atoms with Gasteiger partial charge in [-0.3, -0.25) is 9.59 Å². The van der Waals surface area contributed by atoms with Gasteiger partial charge in [-0.1, -0.05) is 12.1 Å². The van der Waals surface area contributed by atoms with Crippen LogP contribution in [0, 0.1) is 0 Å². The van der Waals surface area contributed by atoms with Gasteiger partial charge in [-0.05, 0) is 30.5 Å². The van der Waals surface area contributed by atoms with Crippen LogP contribution in [0.25, 0.3) is 0 Å². The van der Waals surface area contributed by atoms with Gasteiger partial charge < -0.3 is 10.2 Å². The van der Waals surface area contributed by atoms with Gasteiger partial charge in [0.1, 0.15) is 6.04 Å². The van der Waals surface area contributed by atoms with Crippen molar-refractivity contribution in [3.8, 4) is 0 Å². The molecule has 0 aromatic heterocycles. The van der Waals surface area contributed by atoms with Crippen LogP contribution in [-0.4, -0.2) is 67.2 Å². The molecular weight excluding hydrogens is 374 g/mol. The van der Waals surface area contributed by atoms with Gasteiger partial charge in [0.05, 0.1) is 11.6 Å². The van der Waals surface area contributed by atoms with Crippen molar-refractivity contribution in [2.75, 3.05) is 31.8 Å². The predicted octanol–water partition coefficient (Wildman–Crippen LogP) is 0.873. The lowest BCUT2D eigenvalue weighted by Gasteiger charge is -2.26. The minimum atomic E-state index is -3.61. The Hall–Kier alpha value is -1.58. The van der Waals surface area contributed by atoms with Crippen molar-refractivity contribution < 1.29 is 18.0 Å². The summed E-state index contributed by atoms with van der Waals surface area (Å²) in [6.45, 7) is 1.43. The summed E-state index contributed by atoms with van der Waals surface area (Å²) in [6, 6.07) is 5.89. The normalized spacial score (nSPS) is 21.1. The molecule has 0 saturated carbocycles. The predicted molar refractivity (Wildman–Crippen MR) is 101 cm³/mol. The fourth-order valence-corrected chi connectivity index (χ4v) is 6.54. The summed E-state index contributed by atoms with van der Waals surface area (Å²) in [5.41, 5.74) is 1.08. The number of sulfonamides is 1. The molecule has 1 atom stereocenters. The van der Waals surface area contributed by atoms with E-state index in [-0.39, 0.29) is 17.6 Å².